The molecule has 2 aromatic heterocycles. The summed E-state index contributed by atoms with van der Waals surface area (Å²) in [6.07, 6.45) is 5.53. The summed E-state index contributed by atoms with van der Waals surface area (Å²) >= 11 is 1.19. The minimum atomic E-state index is -0.0379. The molecule has 0 aliphatic rings. The van der Waals surface area contributed by atoms with E-state index in [2.05, 4.69) is 33.1 Å². The van der Waals surface area contributed by atoms with Crippen LogP contribution >= 0.6 is 11.7 Å². The summed E-state index contributed by atoms with van der Waals surface area (Å²) in [6, 6.07) is 2.41. The fraction of sp³-hybridized carbons (Fsp3) is 0.545. The Morgan fingerprint density at radius 3 is 3.00 bits per heavy atom. The van der Waals surface area contributed by atoms with Crippen molar-refractivity contribution in [2.75, 3.05) is 0 Å². The van der Waals surface area contributed by atoms with E-state index in [1.165, 1.54) is 11.7 Å². The molecule has 2 unspecified atom stereocenters. The molecule has 0 aliphatic carbocycles. The third-order valence-corrected chi connectivity index (χ3v) is 3.55. The number of hydrogen-bond acceptors (Lipinski definition) is 6. The lowest BCUT2D eigenvalue weighted by Gasteiger charge is -2.11. The Morgan fingerprint density at radius 2 is 2.39 bits per heavy atom. The highest BCUT2D eigenvalue weighted by Crippen LogP contribution is 2.16. The topological polar surface area (TPSA) is 81.7 Å². The zero-order valence-corrected chi connectivity index (χ0v) is 11.4. The van der Waals surface area contributed by atoms with Crippen LogP contribution in [-0.2, 0) is 6.42 Å². The molecule has 6 nitrogen and oxygen atoms in total. The van der Waals surface area contributed by atoms with E-state index >= 15 is 0 Å². The predicted molar refractivity (Wildman–Crippen MR) is 70.9 cm³/mol. The van der Waals surface area contributed by atoms with E-state index in [1.807, 2.05) is 16.9 Å². The Hall–Kier alpha value is -1.31. The van der Waals surface area contributed by atoms with E-state index in [9.17, 15) is 0 Å². The summed E-state index contributed by atoms with van der Waals surface area (Å²) in [5.41, 5.74) is 4.63. The van der Waals surface area contributed by atoms with E-state index in [4.69, 9.17) is 5.84 Å². The van der Waals surface area contributed by atoms with Gasteiger partial charge in [0.15, 0.2) is 0 Å². The van der Waals surface area contributed by atoms with E-state index < -0.39 is 0 Å². The average molecular weight is 266 g/mol. The fourth-order valence-corrected chi connectivity index (χ4v) is 2.17. The van der Waals surface area contributed by atoms with Crippen molar-refractivity contribution in [3.8, 4) is 0 Å². The predicted octanol–water partition coefficient (Wildman–Crippen LogP) is 1.45. The molecule has 0 aliphatic heterocycles. The Morgan fingerprint density at radius 1 is 1.56 bits per heavy atom. The number of rotatable bonds is 6. The van der Waals surface area contributed by atoms with Crippen LogP contribution in [0.2, 0.25) is 0 Å². The van der Waals surface area contributed by atoms with Crippen LogP contribution in [0.15, 0.2) is 18.5 Å². The summed E-state index contributed by atoms with van der Waals surface area (Å²) in [5.74, 6) is 5.56. The van der Waals surface area contributed by atoms with Crippen LogP contribution in [0.3, 0.4) is 0 Å². The second-order valence-corrected chi connectivity index (χ2v) is 4.86. The molecule has 0 spiro atoms. The molecule has 0 fully saturated rings. The van der Waals surface area contributed by atoms with Crippen molar-refractivity contribution in [2.24, 2.45) is 5.84 Å². The first-order valence-electron chi connectivity index (χ1n) is 6.02. The van der Waals surface area contributed by atoms with E-state index in [-0.39, 0.29) is 6.04 Å². The smallest absolute Gasteiger partial charge is 0.0929 e. The van der Waals surface area contributed by atoms with Crippen molar-refractivity contribution in [1.29, 1.82) is 0 Å². The van der Waals surface area contributed by atoms with Gasteiger partial charge in [-0.2, -0.15) is 13.8 Å². The van der Waals surface area contributed by atoms with Crippen molar-refractivity contribution in [1.82, 2.24) is 24.0 Å². The molecule has 2 rings (SSSR count). The van der Waals surface area contributed by atoms with Gasteiger partial charge < -0.3 is 0 Å². The molecule has 2 aromatic rings. The van der Waals surface area contributed by atoms with Gasteiger partial charge in [-0.15, -0.1) is 0 Å². The normalized spacial score (nSPS) is 14.6. The Balaban J connectivity index is 2.06. The highest BCUT2D eigenvalue weighted by molar-refractivity contribution is 6.99. The molecule has 18 heavy (non-hydrogen) atoms. The third kappa shape index (κ3) is 2.92. The van der Waals surface area contributed by atoms with Crippen molar-refractivity contribution in [2.45, 2.75) is 38.8 Å². The molecule has 7 heteroatoms. The lowest BCUT2D eigenvalue weighted by atomic mass is 10.1. The van der Waals surface area contributed by atoms with Gasteiger partial charge in [-0.3, -0.25) is 16.0 Å². The van der Waals surface area contributed by atoms with Gasteiger partial charge in [0, 0.05) is 18.7 Å². The van der Waals surface area contributed by atoms with Crippen LogP contribution in [0.25, 0.3) is 0 Å². The van der Waals surface area contributed by atoms with Gasteiger partial charge in [-0.25, -0.2) is 0 Å². The van der Waals surface area contributed by atoms with Crippen molar-refractivity contribution < 1.29 is 0 Å². The third-order valence-electron chi connectivity index (χ3n) is 3.06. The summed E-state index contributed by atoms with van der Waals surface area (Å²) in [5, 5.41) is 4.55. The molecule has 0 saturated heterocycles. The van der Waals surface area contributed by atoms with Crippen LogP contribution in [0, 0.1) is 0 Å². The average Bonchev–Trinajstić information content (AvgIpc) is 3.05. The van der Waals surface area contributed by atoms with Crippen LogP contribution < -0.4 is 11.3 Å². The number of nitrogens with two attached hydrogens (primary N) is 1. The first-order chi connectivity index (χ1) is 8.74. The fourth-order valence-electron chi connectivity index (χ4n) is 1.70. The Labute approximate surface area is 111 Å². The first kappa shape index (κ1) is 13.1. The largest absolute Gasteiger partial charge is 0.271 e. The standard InChI is InChI=1S/C11H18N6S/c1-3-8(2)17-5-4-9(15-17)6-10(14-12)11-7-13-18-16-11/h4-5,7-8,10,14H,3,6,12H2,1-2H3. The van der Waals surface area contributed by atoms with E-state index in [1.54, 1.807) is 6.20 Å². The molecular weight excluding hydrogens is 248 g/mol. The van der Waals surface area contributed by atoms with Gasteiger partial charge in [0.05, 0.1) is 35.4 Å². The van der Waals surface area contributed by atoms with Gasteiger partial charge >= 0.3 is 0 Å². The molecule has 0 saturated carbocycles. The molecule has 0 radical (unpaired) electrons. The highest BCUT2D eigenvalue weighted by Gasteiger charge is 2.15. The number of nitrogens with zero attached hydrogens (tertiary/aromatic N) is 4. The molecule has 0 bridgehead atoms. The molecule has 2 atom stereocenters. The molecule has 0 amide bonds. The van der Waals surface area contributed by atoms with Gasteiger partial charge in [0.2, 0.25) is 0 Å². The monoisotopic (exact) mass is 266 g/mol. The van der Waals surface area contributed by atoms with Gasteiger partial charge in [-0.1, -0.05) is 6.92 Å². The quantitative estimate of drug-likeness (QED) is 0.611. The second-order valence-electron chi connectivity index (χ2n) is 4.30. The van der Waals surface area contributed by atoms with Crippen LogP contribution in [0.4, 0.5) is 0 Å². The van der Waals surface area contributed by atoms with Gasteiger partial charge in [-0.05, 0) is 19.4 Å². The summed E-state index contributed by atoms with van der Waals surface area (Å²) in [7, 11) is 0. The summed E-state index contributed by atoms with van der Waals surface area (Å²) in [6.45, 7) is 4.30. The maximum atomic E-state index is 5.56. The molecule has 0 aromatic carbocycles. The van der Waals surface area contributed by atoms with E-state index in [0.717, 1.165) is 17.8 Å². The molecular formula is C11H18N6S. The number of hydrogen-bond donors (Lipinski definition) is 2. The molecule has 3 N–H and O–H groups in total. The summed E-state index contributed by atoms with van der Waals surface area (Å²) < 4.78 is 10.2. The number of nitrogens with one attached hydrogen (secondary N) is 1. The molecule has 2 heterocycles. The van der Waals surface area contributed by atoms with Crippen molar-refractivity contribution >= 4 is 11.7 Å². The van der Waals surface area contributed by atoms with Crippen molar-refractivity contribution in [3.63, 3.8) is 0 Å². The van der Waals surface area contributed by atoms with Gasteiger partial charge in [0.1, 0.15) is 0 Å². The lowest BCUT2D eigenvalue weighted by molar-refractivity contribution is 0.466. The maximum absolute atomic E-state index is 5.56. The van der Waals surface area contributed by atoms with Crippen molar-refractivity contribution in [3.05, 3.63) is 29.8 Å². The second kappa shape index (κ2) is 6.03. The number of aromatic nitrogens is 4. The summed E-state index contributed by atoms with van der Waals surface area (Å²) in [4.78, 5) is 0. The van der Waals surface area contributed by atoms with Crippen LogP contribution in [0.1, 0.15) is 43.7 Å². The Kier molecular flexibility index (Phi) is 4.40. The number of hydrazine groups is 1. The lowest BCUT2D eigenvalue weighted by Crippen LogP contribution is -2.30. The first-order valence-corrected chi connectivity index (χ1v) is 6.75. The zero-order chi connectivity index (χ0) is 13.0. The zero-order valence-electron chi connectivity index (χ0n) is 10.6. The van der Waals surface area contributed by atoms with E-state index in [0.29, 0.717) is 12.5 Å². The maximum Gasteiger partial charge on any atom is 0.0929 e. The Bertz CT molecular complexity index is 466. The highest BCUT2D eigenvalue weighted by atomic mass is 32.1. The van der Waals surface area contributed by atoms with Crippen LogP contribution in [-0.4, -0.2) is 18.5 Å². The SMILES string of the molecule is CCC(C)n1ccc(CC(NN)c2cnsn2)n1. The minimum Gasteiger partial charge on any atom is -0.271 e. The van der Waals surface area contributed by atoms with Crippen LogP contribution in [0.5, 0.6) is 0 Å². The van der Waals surface area contributed by atoms with Gasteiger partial charge in [0.25, 0.3) is 0 Å². The molecule has 98 valence electrons. The minimum absolute atomic E-state index is 0.0379.